The third-order valence-corrected chi connectivity index (χ3v) is 2.85. The van der Waals surface area contributed by atoms with E-state index in [2.05, 4.69) is 24.8 Å². The van der Waals surface area contributed by atoms with Crippen LogP contribution in [0.3, 0.4) is 0 Å². The predicted molar refractivity (Wildman–Crippen MR) is 61.2 cm³/mol. The summed E-state index contributed by atoms with van der Waals surface area (Å²) in [5.74, 6) is 0.785. The summed E-state index contributed by atoms with van der Waals surface area (Å²) in [4.78, 5) is 19.4. The Morgan fingerprint density at radius 2 is 1.75 bits per heavy atom. The van der Waals surface area contributed by atoms with Gasteiger partial charge in [-0.25, -0.2) is 15.0 Å². The van der Waals surface area contributed by atoms with Crippen LogP contribution in [0.15, 0.2) is 18.6 Å². The Labute approximate surface area is 93.6 Å². The Morgan fingerprint density at radius 3 is 2.62 bits per heavy atom. The number of anilines is 1. The Balaban J connectivity index is 1.97. The summed E-state index contributed by atoms with van der Waals surface area (Å²) in [5, 5.41) is 0. The van der Waals surface area contributed by atoms with E-state index in [-0.39, 0.29) is 0 Å². The van der Waals surface area contributed by atoms with Crippen LogP contribution in [0.4, 0.5) is 5.95 Å². The van der Waals surface area contributed by atoms with E-state index in [9.17, 15) is 0 Å². The van der Waals surface area contributed by atoms with Gasteiger partial charge in [-0.1, -0.05) is 0 Å². The summed E-state index contributed by atoms with van der Waals surface area (Å²) >= 11 is 0. The first-order valence-electron chi connectivity index (χ1n) is 5.62. The molecular formula is C11H13N5. The summed E-state index contributed by atoms with van der Waals surface area (Å²) in [6.07, 6.45) is 8.83. The highest BCUT2D eigenvalue weighted by atomic mass is 15.3. The smallest absolute Gasteiger partial charge is 0.227 e. The van der Waals surface area contributed by atoms with Gasteiger partial charge in [-0.05, 0) is 19.3 Å². The number of fused-ring (bicyclic) bond motifs is 1. The molecule has 0 spiro atoms. The molecule has 1 fully saturated rings. The number of rotatable bonds is 1. The molecule has 0 atom stereocenters. The quantitative estimate of drug-likeness (QED) is 0.720. The maximum absolute atomic E-state index is 4.44. The molecule has 0 bridgehead atoms. The molecular weight excluding hydrogens is 202 g/mol. The third-order valence-electron chi connectivity index (χ3n) is 2.85. The molecule has 2 aromatic heterocycles. The SMILES string of the molecule is c1cnc2nc(N3CCCCC3)ncc2n1. The summed E-state index contributed by atoms with van der Waals surface area (Å²) in [5.41, 5.74) is 1.43. The van der Waals surface area contributed by atoms with Gasteiger partial charge in [-0.3, -0.25) is 0 Å². The Kier molecular flexibility index (Phi) is 2.36. The fourth-order valence-electron chi connectivity index (χ4n) is 2.01. The van der Waals surface area contributed by atoms with Crippen LogP contribution in [-0.4, -0.2) is 33.0 Å². The lowest BCUT2D eigenvalue weighted by Gasteiger charge is -2.26. The molecule has 5 nitrogen and oxygen atoms in total. The summed E-state index contributed by atoms with van der Waals surface area (Å²) in [6, 6.07) is 0. The van der Waals surface area contributed by atoms with Gasteiger partial charge in [0.15, 0.2) is 5.65 Å². The minimum Gasteiger partial charge on any atom is -0.341 e. The highest BCUT2D eigenvalue weighted by Crippen LogP contribution is 2.16. The standard InChI is InChI=1S/C11H13N5/c1-2-6-16(7-3-1)11-14-8-9-10(15-11)13-5-4-12-9/h4-5,8H,1-3,6-7H2. The van der Waals surface area contributed by atoms with Crippen molar-refractivity contribution in [3.05, 3.63) is 18.6 Å². The van der Waals surface area contributed by atoms with Gasteiger partial charge < -0.3 is 4.90 Å². The highest BCUT2D eigenvalue weighted by molar-refractivity contribution is 5.69. The van der Waals surface area contributed by atoms with Gasteiger partial charge in [-0.15, -0.1) is 0 Å². The van der Waals surface area contributed by atoms with E-state index in [4.69, 9.17) is 0 Å². The van der Waals surface area contributed by atoms with Gasteiger partial charge in [-0.2, -0.15) is 4.98 Å². The van der Waals surface area contributed by atoms with Crippen LogP contribution in [0.5, 0.6) is 0 Å². The van der Waals surface area contributed by atoms with Crippen molar-refractivity contribution >= 4 is 17.1 Å². The van der Waals surface area contributed by atoms with Gasteiger partial charge in [0.25, 0.3) is 0 Å². The van der Waals surface area contributed by atoms with E-state index < -0.39 is 0 Å². The molecule has 0 aliphatic carbocycles. The molecule has 1 aliphatic rings. The van der Waals surface area contributed by atoms with E-state index in [1.165, 1.54) is 19.3 Å². The first kappa shape index (κ1) is 9.45. The second-order valence-corrected chi connectivity index (χ2v) is 3.98. The van der Waals surface area contributed by atoms with Crippen LogP contribution >= 0.6 is 0 Å². The van der Waals surface area contributed by atoms with Crippen molar-refractivity contribution < 1.29 is 0 Å². The molecule has 82 valence electrons. The molecule has 1 saturated heterocycles. The zero-order chi connectivity index (χ0) is 10.8. The van der Waals surface area contributed by atoms with Crippen LogP contribution in [-0.2, 0) is 0 Å². The van der Waals surface area contributed by atoms with Crippen molar-refractivity contribution in [2.75, 3.05) is 18.0 Å². The number of nitrogens with zero attached hydrogens (tertiary/aromatic N) is 5. The summed E-state index contributed by atoms with van der Waals surface area (Å²) < 4.78 is 0. The minimum atomic E-state index is 0.679. The van der Waals surface area contributed by atoms with E-state index in [0.717, 1.165) is 24.6 Å². The summed E-state index contributed by atoms with van der Waals surface area (Å²) in [6.45, 7) is 2.09. The summed E-state index contributed by atoms with van der Waals surface area (Å²) in [7, 11) is 0. The number of piperidine rings is 1. The van der Waals surface area contributed by atoms with Crippen molar-refractivity contribution in [2.24, 2.45) is 0 Å². The van der Waals surface area contributed by atoms with Crippen LogP contribution in [0.25, 0.3) is 11.2 Å². The van der Waals surface area contributed by atoms with E-state index in [1.807, 2.05) is 0 Å². The van der Waals surface area contributed by atoms with Crippen LogP contribution in [0.1, 0.15) is 19.3 Å². The number of hydrogen-bond donors (Lipinski definition) is 0. The Bertz CT molecular complexity index is 492. The molecule has 0 unspecified atom stereocenters. The fraction of sp³-hybridized carbons (Fsp3) is 0.455. The molecule has 3 heterocycles. The normalized spacial score (nSPS) is 16.6. The van der Waals surface area contributed by atoms with Gasteiger partial charge in [0.1, 0.15) is 5.52 Å². The first-order chi connectivity index (χ1) is 7.93. The zero-order valence-corrected chi connectivity index (χ0v) is 9.00. The lowest BCUT2D eigenvalue weighted by atomic mass is 10.1. The Hall–Kier alpha value is -1.78. The lowest BCUT2D eigenvalue weighted by molar-refractivity contribution is 0.569. The van der Waals surface area contributed by atoms with Crippen molar-refractivity contribution in [1.29, 1.82) is 0 Å². The maximum Gasteiger partial charge on any atom is 0.227 e. The largest absolute Gasteiger partial charge is 0.341 e. The fourth-order valence-corrected chi connectivity index (χ4v) is 2.01. The predicted octanol–water partition coefficient (Wildman–Crippen LogP) is 1.41. The van der Waals surface area contributed by atoms with Crippen molar-refractivity contribution in [2.45, 2.75) is 19.3 Å². The maximum atomic E-state index is 4.44. The second kappa shape index (κ2) is 4.00. The Morgan fingerprint density at radius 1 is 0.938 bits per heavy atom. The van der Waals surface area contributed by atoms with Gasteiger partial charge in [0.2, 0.25) is 5.95 Å². The molecule has 1 aliphatic heterocycles. The highest BCUT2D eigenvalue weighted by Gasteiger charge is 2.13. The lowest BCUT2D eigenvalue weighted by Crippen LogP contribution is -2.30. The molecule has 5 heteroatoms. The van der Waals surface area contributed by atoms with Gasteiger partial charge in [0, 0.05) is 25.5 Å². The minimum absolute atomic E-state index is 0.679. The van der Waals surface area contributed by atoms with E-state index in [1.54, 1.807) is 18.6 Å². The zero-order valence-electron chi connectivity index (χ0n) is 9.00. The molecule has 0 N–H and O–H groups in total. The monoisotopic (exact) mass is 215 g/mol. The van der Waals surface area contributed by atoms with E-state index >= 15 is 0 Å². The van der Waals surface area contributed by atoms with Crippen molar-refractivity contribution in [1.82, 2.24) is 19.9 Å². The molecule has 0 saturated carbocycles. The average Bonchev–Trinajstić information content (AvgIpc) is 2.39. The van der Waals surface area contributed by atoms with Crippen molar-refractivity contribution in [3.8, 4) is 0 Å². The van der Waals surface area contributed by atoms with Gasteiger partial charge in [0.05, 0.1) is 6.20 Å². The van der Waals surface area contributed by atoms with Gasteiger partial charge >= 0.3 is 0 Å². The third kappa shape index (κ3) is 1.68. The molecule has 3 rings (SSSR count). The van der Waals surface area contributed by atoms with Crippen LogP contribution in [0, 0.1) is 0 Å². The first-order valence-corrected chi connectivity index (χ1v) is 5.62. The van der Waals surface area contributed by atoms with Crippen LogP contribution < -0.4 is 4.90 Å². The molecule has 0 radical (unpaired) electrons. The number of aromatic nitrogens is 4. The number of hydrogen-bond acceptors (Lipinski definition) is 5. The van der Waals surface area contributed by atoms with E-state index in [0.29, 0.717) is 5.65 Å². The second-order valence-electron chi connectivity index (χ2n) is 3.98. The molecule has 2 aromatic rings. The molecule has 16 heavy (non-hydrogen) atoms. The topological polar surface area (TPSA) is 54.8 Å². The molecule has 0 amide bonds. The van der Waals surface area contributed by atoms with Crippen molar-refractivity contribution in [3.63, 3.8) is 0 Å². The van der Waals surface area contributed by atoms with Crippen LogP contribution in [0.2, 0.25) is 0 Å². The molecule has 0 aromatic carbocycles. The average molecular weight is 215 g/mol.